The van der Waals surface area contributed by atoms with Crippen LogP contribution >= 0.6 is 0 Å². The second-order valence-corrected chi connectivity index (χ2v) is 8.06. The van der Waals surface area contributed by atoms with Gasteiger partial charge in [-0.3, -0.25) is 14.6 Å². The van der Waals surface area contributed by atoms with E-state index in [1.807, 2.05) is 19.1 Å². The number of rotatable bonds is 6. The summed E-state index contributed by atoms with van der Waals surface area (Å²) in [6.07, 6.45) is -1.57. The second-order valence-electron chi connectivity index (χ2n) is 8.06. The quantitative estimate of drug-likeness (QED) is 0.231. The number of aromatic nitrogens is 1. The Morgan fingerprint density at radius 2 is 1.58 bits per heavy atom. The van der Waals surface area contributed by atoms with Crippen LogP contribution in [0.2, 0.25) is 0 Å². The molecule has 4 nitrogen and oxygen atoms in total. The molecule has 0 atom stereocenters. The van der Waals surface area contributed by atoms with E-state index in [0.29, 0.717) is 28.1 Å². The van der Waals surface area contributed by atoms with E-state index >= 15 is 0 Å². The lowest BCUT2D eigenvalue weighted by molar-refractivity contribution is -0.137. The molecule has 0 aliphatic heterocycles. The summed E-state index contributed by atoms with van der Waals surface area (Å²) in [7, 11) is 0. The first-order chi connectivity index (χ1) is 17.2. The number of alkyl halides is 3. The van der Waals surface area contributed by atoms with Gasteiger partial charge in [0.15, 0.2) is 5.78 Å². The van der Waals surface area contributed by atoms with Crippen LogP contribution in [-0.2, 0) is 6.18 Å². The lowest BCUT2D eigenvalue weighted by Crippen LogP contribution is -2.15. The third-order valence-electron chi connectivity index (χ3n) is 5.42. The fourth-order valence-corrected chi connectivity index (χ4v) is 3.61. The number of halogens is 3. The number of anilines is 1. The largest absolute Gasteiger partial charge is 0.416 e. The maximum absolute atomic E-state index is 13.3. The summed E-state index contributed by atoms with van der Waals surface area (Å²) in [6.45, 7) is 1.86. The monoisotopic (exact) mass is 486 g/mol. The van der Waals surface area contributed by atoms with E-state index in [2.05, 4.69) is 10.3 Å². The molecule has 1 N–H and O–H groups in total. The number of ketones is 1. The maximum Gasteiger partial charge on any atom is 0.416 e. The summed E-state index contributed by atoms with van der Waals surface area (Å²) < 4.78 is 40.0. The van der Waals surface area contributed by atoms with Crippen LogP contribution in [0.15, 0.2) is 97.1 Å². The van der Waals surface area contributed by atoms with Gasteiger partial charge >= 0.3 is 6.18 Å². The van der Waals surface area contributed by atoms with Crippen LogP contribution in [0.3, 0.4) is 0 Å². The van der Waals surface area contributed by atoms with Crippen molar-refractivity contribution < 1.29 is 22.8 Å². The lowest BCUT2D eigenvalue weighted by atomic mass is 9.96. The Morgan fingerprint density at radius 3 is 2.25 bits per heavy atom. The average molecular weight is 486 g/mol. The summed E-state index contributed by atoms with van der Waals surface area (Å²) >= 11 is 0. The highest BCUT2D eigenvalue weighted by Crippen LogP contribution is 2.33. The van der Waals surface area contributed by atoms with Gasteiger partial charge in [-0.2, -0.15) is 13.2 Å². The number of carbonyl (C=O) groups excluding carboxylic acids is 2. The standard InChI is InChI=1S/C29H21F3N2O2/c1-19-6-5-9-23(33-19)15-17-27(35)21-10-13-24(14-11-21)34-28(36)26-18-22(29(30,31)32)12-16-25(26)20-7-3-2-4-8-20/h2-18H,1H3,(H,34,36)/b17-15+. The van der Waals surface area contributed by atoms with Crippen molar-refractivity contribution in [1.82, 2.24) is 4.98 Å². The number of amides is 1. The molecule has 36 heavy (non-hydrogen) atoms. The Hall–Kier alpha value is -4.52. The molecule has 4 rings (SSSR count). The number of benzene rings is 3. The SMILES string of the molecule is Cc1cccc(/C=C/C(=O)c2ccc(NC(=O)c3cc(C(F)(F)F)ccc3-c3ccccc3)cc2)n1. The third kappa shape index (κ3) is 5.93. The van der Waals surface area contributed by atoms with E-state index in [1.165, 1.54) is 36.4 Å². The van der Waals surface area contributed by atoms with Gasteiger partial charge in [0.2, 0.25) is 0 Å². The van der Waals surface area contributed by atoms with Crippen molar-refractivity contribution in [3.05, 3.63) is 125 Å². The summed E-state index contributed by atoms with van der Waals surface area (Å²) in [5.74, 6) is -0.940. The minimum Gasteiger partial charge on any atom is -0.322 e. The number of carbonyl (C=O) groups is 2. The molecule has 0 saturated heterocycles. The number of allylic oxidation sites excluding steroid dienone is 1. The number of nitrogens with one attached hydrogen (secondary N) is 1. The molecular formula is C29H21F3N2O2. The molecule has 0 fully saturated rings. The molecule has 0 aliphatic rings. The van der Waals surface area contributed by atoms with Crippen LogP contribution in [-0.4, -0.2) is 16.7 Å². The van der Waals surface area contributed by atoms with Crippen molar-refractivity contribution in [3.63, 3.8) is 0 Å². The first kappa shape index (κ1) is 24.6. The van der Waals surface area contributed by atoms with Crippen LogP contribution in [0.1, 0.15) is 37.7 Å². The van der Waals surface area contributed by atoms with Gasteiger partial charge in [0, 0.05) is 22.5 Å². The third-order valence-corrected chi connectivity index (χ3v) is 5.42. The zero-order chi connectivity index (χ0) is 25.7. The molecule has 0 unspecified atom stereocenters. The Morgan fingerprint density at radius 1 is 0.861 bits per heavy atom. The minimum absolute atomic E-state index is 0.107. The van der Waals surface area contributed by atoms with Crippen molar-refractivity contribution in [3.8, 4) is 11.1 Å². The molecule has 1 heterocycles. The molecule has 180 valence electrons. The predicted molar refractivity (Wildman–Crippen MR) is 134 cm³/mol. The highest BCUT2D eigenvalue weighted by molar-refractivity contribution is 6.10. The molecule has 7 heteroatoms. The van der Waals surface area contributed by atoms with Crippen LogP contribution in [0.25, 0.3) is 17.2 Å². The normalized spacial score (nSPS) is 11.4. The van der Waals surface area contributed by atoms with Crippen LogP contribution < -0.4 is 5.32 Å². The molecule has 0 radical (unpaired) electrons. The highest BCUT2D eigenvalue weighted by Gasteiger charge is 2.32. The van der Waals surface area contributed by atoms with E-state index < -0.39 is 17.6 Å². The van der Waals surface area contributed by atoms with E-state index in [-0.39, 0.29) is 11.3 Å². The van der Waals surface area contributed by atoms with Gasteiger partial charge in [-0.25, -0.2) is 0 Å². The van der Waals surface area contributed by atoms with Gasteiger partial charge in [0.25, 0.3) is 5.91 Å². The van der Waals surface area contributed by atoms with Gasteiger partial charge < -0.3 is 5.32 Å². The van der Waals surface area contributed by atoms with Crippen molar-refractivity contribution >= 4 is 23.5 Å². The number of nitrogens with zero attached hydrogens (tertiary/aromatic N) is 1. The van der Waals surface area contributed by atoms with Gasteiger partial charge in [-0.05, 0) is 78.7 Å². The smallest absolute Gasteiger partial charge is 0.322 e. The highest BCUT2D eigenvalue weighted by atomic mass is 19.4. The Bertz CT molecular complexity index is 1430. The van der Waals surface area contributed by atoms with Crippen LogP contribution in [0.5, 0.6) is 0 Å². The van der Waals surface area contributed by atoms with E-state index in [4.69, 9.17) is 0 Å². The first-order valence-corrected chi connectivity index (χ1v) is 11.0. The molecular weight excluding hydrogens is 465 g/mol. The fourth-order valence-electron chi connectivity index (χ4n) is 3.61. The minimum atomic E-state index is -4.59. The fraction of sp³-hybridized carbons (Fsp3) is 0.0690. The number of aryl methyl sites for hydroxylation is 1. The second kappa shape index (κ2) is 10.4. The maximum atomic E-state index is 13.3. The number of hydrogen-bond donors (Lipinski definition) is 1. The molecule has 0 spiro atoms. The molecule has 1 amide bonds. The van der Waals surface area contributed by atoms with Gasteiger partial charge in [0.1, 0.15) is 0 Å². The molecule has 1 aromatic heterocycles. The van der Waals surface area contributed by atoms with E-state index in [1.54, 1.807) is 42.5 Å². The van der Waals surface area contributed by atoms with Gasteiger partial charge in [-0.15, -0.1) is 0 Å². The lowest BCUT2D eigenvalue weighted by Gasteiger charge is -2.14. The zero-order valence-electron chi connectivity index (χ0n) is 19.2. The zero-order valence-corrected chi connectivity index (χ0v) is 19.2. The van der Waals surface area contributed by atoms with E-state index in [0.717, 1.165) is 17.8 Å². The van der Waals surface area contributed by atoms with Crippen molar-refractivity contribution in [2.24, 2.45) is 0 Å². The number of hydrogen-bond acceptors (Lipinski definition) is 3. The Kier molecular flexibility index (Phi) is 7.10. The molecule has 0 saturated carbocycles. The van der Waals surface area contributed by atoms with Crippen molar-refractivity contribution in [2.45, 2.75) is 13.1 Å². The first-order valence-electron chi connectivity index (χ1n) is 11.0. The molecule has 0 bridgehead atoms. The van der Waals surface area contributed by atoms with Crippen molar-refractivity contribution in [2.75, 3.05) is 5.32 Å². The van der Waals surface area contributed by atoms with Gasteiger partial charge in [0.05, 0.1) is 11.3 Å². The van der Waals surface area contributed by atoms with Crippen molar-refractivity contribution in [1.29, 1.82) is 0 Å². The average Bonchev–Trinajstić information content (AvgIpc) is 2.87. The Labute approximate surface area is 206 Å². The molecule has 4 aromatic rings. The summed E-state index contributed by atoms with van der Waals surface area (Å²) in [6, 6.07) is 23.4. The van der Waals surface area contributed by atoms with Crippen LogP contribution in [0, 0.1) is 6.92 Å². The summed E-state index contributed by atoms with van der Waals surface area (Å²) in [5, 5.41) is 2.63. The predicted octanol–water partition coefficient (Wildman–Crippen LogP) is 7.22. The molecule has 0 aliphatic carbocycles. The topological polar surface area (TPSA) is 59.1 Å². The summed E-state index contributed by atoms with van der Waals surface area (Å²) in [4.78, 5) is 29.8. The van der Waals surface area contributed by atoms with E-state index in [9.17, 15) is 22.8 Å². The number of pyridine rings is 1. The summed E-state index contributed by atoms with van der Waals surface area (Å²) in [5.41, 5.74) is 2.20. The molecule has 3 aromatic carbocycles. The Balaban J connectivity index is 1.54. The van der Waals surface area contributed by atoms with Crippen LogP contribution in [0.4, 0.5) is 18.9 Å². The van der Waals surface area contributed by atoms with Gasteiger partial charge in [-0.1, -0.05) is 42.5 Å².